The molecule has 0 radical (unpaired) electrons. The molecule has 1 saturated heterocycles. The molecule has 4 heterocycles. The van der Waals surface area contributed by atoms with Gasteiger partial charge in [-0.1, -0.05) is 6.07 Å². The number of aliphatic hydroxyl groups is 2. The Labute approximate surface area is 189 Å². The first-order chi connectivity index (χ1) is 16.0. The van der Waals surface area contributed by atoms with E-state index in [2.05, 4.69) is 20.3 Å². The van der Waals surface area contributed by atoms with E-state index in [1.165, 1.54) is 18.2 Å². The zero-order valence-corrected chi connectivity index (χ0v) is 18.0. The van der Waals surface area contributed by atoms with Gasteiger partial charge in [-0.25, -0.2) is 14.1 Å². The van der Waals surface area contributed by atoms with E-state index in [1.54, 1.807) is 16.9 Å². The molecule has 2 aliphatic heterocycles. The summed E-state index contributed by atoms with van der Waals surface area (Å²) in [6.45, 7) is 1.61. The van der Waals surface area contributed by atoms with Gasteiger partial charge >= 0.3 is 0 Å². The second kappa shape index (κ2) is 9.36. The highest BCUT2D eigenvalue weighted by molar-refractivity contribution is 6.01. The van der Waals surface area contributed by atoms with Crippen molar-refractivity contribution in [3.63, 3.8) is 0 Å². The summed E-state index contributed by atoms with van der Waals surface area (Å²) in [6, 6.07) is 9.75. The number of nitriles is 1. The summed E-state index contributed by atoms with van der Waals surface area (Å²) < 4.78 is 16.2. The van der Waals surface area contributed by atoms with E-state index >= 15 is 0 Å². The molecule has 3 N–H and O–H groups in total. The van der Waals surface area contributed by atoms with Gasteiger partial charge in [-0.2, -0.15) is 10.4 Å². The first-order valence-electron chi connectivity index (χ1n) is 10.5. The van der Waals surface area contributed by atoms with Gasteiger partial charge in [-0.05, 0) is 31.0 Å². The number of aliphatic hydroxyl groups excluding tert-OH is 2. The van der Waals surface area contributed by atoms with Crippen molar-refractivity contribution < 1.29 is 19.4 Å². The molecule has 0 atom stereocenters. The Morgan fingerprint density at radius 3 is 2.70 bits per heavy atom. The number of carbonyl (C=O) groups is 1. The molecule has 1 aromatic carbocycles. The number of carbonyl (C=O) groups excluding carboxylic acids is 1. The second-order valence-electron chi connectivity index (χ2n) is 7.64. The van der Waals surface area contributed by atoms with Crippen LogP contribution in [-0.2, 0) is 6.54 Å². The summed E-state index contributed by atoms with van der Waals surface area (Å²) >= 11 is 0. The average molecular weight is 450 g/mol. The highest BCUT2D eigenvalue weighted by Gasteiger charge is 2.28. The summed E-state index contributed by atoms with van der Waals surface area (Å²) in [6.07, 6.45) is 2.81. The summed E-state index contributed by atoms with van der Waals surface area (Å²) in [5.74, 6) is -0.0833. The molecule has 0 aliphatic carbocycles. The highest BCUT2D eigenvalue weighted by atomic mass is 19.1. The molecule has 1 amide bonds. The van der Waals surface area contributed by atoms with E-state index in [4.69, 9.17) is 5.11 Å². The zero-order valence-electron chi connectivity index (χ0n) is 18.0. The van der Waals surface area contributed by atoms with Gasteiger partial charge in [0.1, 0.15) is 5.82 Å². The quantitative estimate of drug-likeness (QED) is 0.555. The number of piperidine rings is 1. The zero-order chi connectivity index (χ0) is 23.5. The van der Waals surface area contributed by atoms with Gasteiger partial charge < -0.3 is 20.4 Å². The van der Waals surface area contributed by atoms with Gasteiger partial charge in [0.15, 0.2) is 5.82 Å². The van der Waals surface area contributed by atoms with E-state index in [9.17, 15) is 19.6 Å². The summed E-state index contributed by atoms with van der Waals surface area (Å²) in [5.41, 5.74) is 1.91. The van der Waals surface area contributed by atoms with Crippen molar-refractivity contribution in [2.75, 3.05) is 25.1 Å². The Kier molecular flexibility index (Phi) is 6.35. The highest BCUT2D eigenvalue weighted by Crippen LogP contribution is 2.31. The molecule has 170 valence electrons. The minimum atomic E-state index is -0.553. The van der Waals surface area contributed by atoms with Gasteiger partial charge in [0.2, 0.25) is 0 Å². The number of aromatic nitrogens is 3. The van der Waals surface area contributed by atoms with Gasteiger partial charge in [-0.15, -0.1) is 0 Å². The molecule has 10 heteroatoms. The van der Waals surface area contributed by atoms with Crippen LogP contribution in [0.25, 0.3) is 16.9 Å². The predicted molar refractivity (Wildman–Crippen MR) is 118 cm³/mol. The molecule has 0 saturated carbocycles. The molecular weight excluding hydrogens is 427 g/mol. The Hall–Kier alpha value is -3.81. The molecule has 3 aromatic rings. The van der Waals surface area contributed by atoms with Crippen LogP contribution < -0.4 is 10.2 Å². The van der Waals surface area contributed by atoms with Crippen molar-refractivity contribution >= 4 is 11.7 Å². The fourth-order valence-corrected chi connectivity index (χ4v) is 4.11. The molecule has 0 spiro atoms. The van der Waals surface area contributed by atoms with Crippen LogP contribution in [0.2, 0.25) is 0 Å². The molecule has 5 rings (SSSR count). The van der Waals surface area contributed by atoms with Crippen LogP contribution in [0.5, 0.6) is 0 Å². The van der Waals surface area contributed by atoms with Gasteiger partial charge in [0.05, 0.1) is 52.5 Å². The number of anilines is 1. The number of amides is 1. The molecule has 2 aliphatic rings. The lowest BCUT2D eigenvalue weighted by molar-refractivity contribution is 0.0965. The number of halogens is 1. The number of hydrogen-bond acceptors (Lipinski definition) is 7. The molecule has 9 nitrogen and oxygen atoms in total. The third-order valence-electron chi connectivity index (χ3n) is 5.72. The largest absolute Gasteiger partial charge is 0.400 e. The third-order valence-corrected chi connectivity index (χ3v) is 5.72. The monoisotopic (exact) mass is 450 g/mol. The predicted octanol–water partition coefficient (Wildman–Crippen LogP) is 1.76. The number of hydrogen-bond donors (Lipinski definition) is 3. The van der Waals surface area contributed by atoms with Crippen LogP contribution in [0.3, 0.4) is 0 Å². The summed E-state index contributed by atoms with van der Waals surface area (Å²) in [7, 11) is 1.00. The lowest BCUT2D eigenvalue weighted by Gasteiger charge is -2.29. The van der Waals surface area contributed by atoms with Crippen LogP contribution in [-0.4, -0.2) is 57.2 Å². The standard InChI is InChI=1S/C22H19FN6O2.CH4O/c23-15-3-1-2-13(11-24)20(15)16-10-18(21-17(26-16)12-25-22(21)31)29-9-6-19(27-29)28-7-4-14(30)5-8-28;1-2/h1-3,6,9-10,14,30H,4-5,7-8,12H2,(H,25,31);2H,1H3. The fourth-order valence-electron chi connectivity index (χ4n) is 4.11. The van der Waals surface area contributed by atoms with Gasteiger partial charge in [-0.3, -0.25) is 4.79 Å². The van der Waals surface area contributed by atoms with E-state index in [-0.39, 0.29) is 35.4 Å². The fraction of sp³-hybridized carbons (Fsp3) is 0.304. The lowest BCUT2D eigenvalue weighted by Crippen LogP contribution is -2.36. The van der Waals surface area contributed by atoms with Crippen molar-refractivity contribution in [1.82, 2.24) is 20.1 Å². The Morgan fingerprint density at radius 2 is 1.97 bits per heavy atom. The topological polar surface area (TPSA) is 127 Å². The van der Waals surface area contributed by atoms with Crippen molar-refractivity contribution in [2.24, 2.45) is 0 Å². The van der Waals surface area contributed by atoms with E-state index < -0.39 is 5.82 Å². The minimum Gasteiger partial charge on any atom is -0.400 e. The maximum absolute atomic E-state index is 14.6. The average Bonchev–Trinajstić information content (AvgIpc) is 3.47. The molecule has 2 aromatic heterocycles. The van der Waals surface area contributed by atoms with Crippen molar-refractivity contribution in [2.45, 2.75) is 25.5 Å². The van der Waals surface area contributed by atoms with Crippen LogP contribution in [0.15, 0.2) is 36.5 Å². The maximum atomic E-state index is 14.6. The normalized spacial score (nSPS) is 15.4. The Balaban J connectivity index is 0.00000126. The first kappa shape index (κ1) is 22.4. The minimum absolute atomic E-state index is 0.103. The number of benzene rings is 1. The van der Waals surface area contributed by atoms with Gasteiger partial charge in [0, 0.05) is 32.5 Å². The SMILES string of the molecule is CO.N#Cc1cccc(F)c1-c1cc(-n2ccc(N3CCC(O)CC3)n2)c2c(n1)CNC2=O. The molecular formula is C23H23FN6O3. The van der Waals surface area contributed by atoms with Crippen molar-refractivity contribution in [3.8, 4) is 23.0 Å². The van der Waals surface area contributed by atoms with E-state index in [0.717, 1.165) is 12.9 Å². The second-order valence-corrected chi connectivity index (χ2v) is 7.64. The number of pyridine rings is 1. The number of rotatable bonds is 3. The summed E-state index contributed by atoms with van der Waals surface area (Å²) in [4.78, 5) is 19.0. The van der Waals surface area contributed by atoms with E-state index in [1.807, 2.05) is 12.1 Å². The van der Waals surface area contributed by atoms with Crippen LogP contribution in [0.4, 0.5) is 10.2 Å². The van der Waals surface area contributed by atoms with Crippen molar-refractivity contribution in [1.29, 1.82) is 5.26 Å². The molecule has 0 unspecified atom stereocenters. The molecule has 33 heavy (non-hydrogen) atoms. The van der Waals surface area contributed by atoms with Crippen molar-refractivity contribution in [3.05, 3.63) is 59.2 Å². The molecule has 1 fully saturated rings. The maximum Gasteiger partial charge on any atom is 0.255 e. The van der Waals surface area contributed by atoms with Gasteiger partial charge in [0.25, 0.3) is 5.91 Å². The van der Waals surface area contributed by atoms with Crippen LogP contribution >= 0.6 is 0 Å². The smallest absolute Gasteiger partial charge is 0.255 e. The molecule has 0 bridgehead atoms. The number of fused-ring (bicyclic) bond motifs is 1. The Bertz CT molecular complexity index is 1230. The Morgan fingerprint density at radius 1 is 1.21 bits per heavy atom. The lowest BCUT2D eigenvalue weighted by atomic mass is 10.0. The summed E-state index contributed by atoms with van der Waals surface area (Å²) in [5, 5.41) is 33.6. The van der Waals surface area contributed by atoms with E-state index in [0.29, 0.717) is 42.9 Å². The number of nitrogens with one attached hydrogen (secondary N) is 1. The first-order valence-corrected chi connectivity index (χ1v) is 10.5. The van der Waals surface area contributed by atoms with Crippen LogP contribution in [0, 0.1) is 17.1 Å². The number of nitrogens with zero attached hydrogens (tertiary/aromatic N) is 5. The van der Waals surface area contributed by atoms with Crippen LogP contribution in [0.1, 0.15) is 34.5 Å². The third kappa shape index (κ3) is 4.16.